The summed E-state index contributed by atoms with van der Waals surface area (Å²) in [5.41, 5.74) is 0. The van der Waals surface area contributed by atoms with Gasteiger partial charge in [0.1, 0.15) is 5.76 Å². The Morgan fingerprint density at radius 2 is 2.18 bits per heavy atom. The maximum absolute atomic E-state index is 5.63. The van der Waals surface area contributed by atoms with E-state index in [1.165, 1.54) is 0 Å². The first-order valence-corrected chi connectivity index (χ1v) is 6.58. The average Bonchev–Trinajstić information content (AvgIpc) is 2.78. The van der Waals surface area contributed by atoms with Crippen molar-refractivity contribution in [1.29, 1.82) is 0 Å². The van der Waals surface area contributed by atoms with Gasteiger partial charge in [0.25, 0.3) is 0 Å². The summed E-state index contributed by atoms with van der Waals surface area (Å²) in [7, 11) is 0. The van der Waals surface area contributed by atoms with Gasteiger partial charge < -0.3 is 14.5 Å². The van der Waals surface area contributed by atoms with Crippen molar-refractivity contribution in [3.63, 3.8) is 0 Å². The Morgan fingerprint density at radius 1 is 1.29 bits per heavy atom. The molecule has 0 aliphatic carbocycles. The van der Waals surface area contributed by atoms with Crippen LogP contribution in [0.1, 0.15) is 38.3 Å². The van der Waals surface area contributed by atoms with Gasteiger partial charge >= 0.3 is 0 Å². The number of aromatic nitrogens is 1. The van der Waals surface area contributed by atoms with Crippen LogP contribution in [0.4, 0.5) is 0 Å². The smallest absolute Gasteiger partial charge is 0.194 e. The normalized spacial score (nSPS) is 10.9. The number of nitrogens with zero attached hydrogens (tertiary/aromatic N) is 1. The van der Waals surface area contributed by atoms with E-state index < -0.39 is 0 Å². The number of rotatable bonds is 10. The van der Waals surface area contributed by atoms with Gasteiger partial charge in [0.15, 0.2) is 5.89 Å². The molecule has 0 radical (unpaired) electrons. The van der Waals surface area contributed by atoms with Gasteiger partial charge in [-0.15, -0.1) is 0 Å². The van der Waals surface area contributed by atoms with Crippen LogP contribution in [0.3, 0.4) is 0 Å². The van der Waals surface area contributed by atoms with Gasteiger partial charge in [-0.1, -0.05) is 13.8 Å². The molecule has 4 heteroatoms. The first kappa shape index (κ1) is 14.2. The highest BCUT2D eigenvalue weighted by molar-refractivity contribution is 4.94. The lowest BCUT2D eigenvalue weighted by Gasteiger charge is -2.00. The van der Waals surface area contributed by atoms with Crippen molar-refractivity contribution in [3.8, 4) is 0 Å². The number of oxazole rings is 1. The lowest BCUT2D eigenvalue weighted by molar-refractivity contribution is 0.134. The molecule has 0 amide bonds. The SMILES string of the molecule is CCCOCCc1cnc(CCCNCC)o1. The topological polar surface area (TPSA) is 47.3 Å². The van der Waals surface area contributed by atoms with Crippen LogP contribution in [0.2, 0.25) is 0 Å². The molecule has 1 aromatic heterocycles. The minimum atomic E-state index is 0.722. The lowest BCUT2D eigenvalue weighted by atomic mass is 10.3. The predicted octanol–water partition coefficient (Wildman–Crippen LogP) is 2.19. The molecule has 0 spiro atoms. The molecule has 0 aromatic carbocycles. The Hall–Kier alpha value is -0.870. The third kappa shape index (κ3) is 6.44. The minimum Gasteiger partial charge on any atom is -0.446 e. The Morgan fingerprint density at radius 3 is 2.94 bits per heavy atom. The first-order chi connectivity index (χ1) is 8.36. The second kappa shape index (κ2) is 9.19. The Bertz CT molecular complexity index is 260. The van der Waals surface area contributed by atoms with E-state index in [1.807, 2.05) is 6.20 Å². The summed E-state index contributed by atoms with van der Waals surface area (Å²) in [6.45, 7) is 7.80. The van der Waals surface area contributed by atoms with E-state index in [1.54, 1.807) is 0 Å². The molecule has 0 saturated carbocycles. The van der Waals surface area contributed by atoms with Crippen molar-refractivity contribution >= 4 is 0 Å². The number of hydrogen-bond acceptors (Lipinski definition) is 4. The molecule has 0 bridgehead atoms. The van der Waals surface area contributed by atoms with Crippen LogP contribution in [0.15, 0.2) is 10.6 Å². The maximum atomic E-state index is 5.63. The van der Waals surface area contributed by atoms with E-state index in [9.17, 15) is 0 Å². The largest absolute Gasteiger partial charge is 0.446 e. The predicted molar refractivity (Wildman–Crippen MR) is 68.2 cm³/mol. The summed E-state index contributed by atoms with van der Waals surface area (Å²) in [6, 6.07) is 0. The summed E-state index contributed by atoms with van der Waals surface area (Å²) in [6.07, 6.45) is 5.67. The van der Waals surface area contributed by atoms with Crippen molar-refractivity contribution < 1.29 is 9.15 Å². The molecular formula is C13H24N2O2. The Balaban J connectivity index is 2.14. The summed E-state index contributed by atoms with van der Waals surface area (Å²) in [4.78, 5) is 4.26. The maximum Gasteiger partial charge on any atom is 0.194 e. The van der Waals surface area contributed by atoms with Crippen molar-refractivity contribution in [2.24, 2.45) is 0 Å². The second-order valence-corrected chi connectivity index (χ2v) is 4.04. The lowest BCUT2D eigenvalue weighted by Crippen LogP contribution is -2.14. The van der Waals surface area contributed by atoms with E-state index in [0.717, 1.165) is 63.6 Å². The van der Waals surface area contributed by atoms with Crippen LogP contribution >= 0.6 is 0 Å². The van der Waals surface area contributed by atoms with Crippen molar-refractivity contribution in [2.45, 2.75) is 39.5 Å². The van der Waals surface area contributed by atoms with Crippen LogP contribution in [-0.4, -0.2) is 31.3 Å². The third-order valence-corrected chi connectivity index (χ3v) is 2.44. The molecule has 0 unspecified atom stereocenters. The molecule has 0 aliphatic rings. The van der Waals surface area contributed by atoms with Crippen LogP contribution in [0.5, 0.6) is 0 Å². The van der Waals surface area contributed by atoms with Crippen molar-refractivity contribution in [1.82, 2.24) is 10.3 Å². The number of nitrogens with one attached hydrogen (secondary N) is 1. The van der Waals surface area contributed by atoms with Crippen LogP contribution in [0, 0.1) is 0 Å². The van der Waals surface area contributed by atoms with Gasteiger partial charge in [-0.2, -0.15) is 0 Å². The molecule has 17 heavy (non-hydrogen) atoms. The Labute approximate surface area is 104 Å². The highest BCUT2D eigenvalue weighted by atomic mass is 16.5. The zero-order valence-electron chi connectivity index (χ0n) is 11.0. The first-order valence-electron chi connectivity index (χ1n) is 6.58. The molecule has 1 rings (SSSR count). The van der Waals surface area contributed by atoms with Gasteiger partial charge in [0, 0.05) is 19.4 Å². The molecule has 4 nitrogen and oxygen atoms in total. The Kier molecular flexibility index (Phi) is 7.67. The molecule has 98 valence electrons. The van der Waals surface area contributed by atoms with Gasteiger partial charge in [-0.25, -0.2) is 4.98 Å². The molecule has 1 aromatic rings. The second-order valence-electron chi connectivity index (χ2n) is 4.04. The van der Waals surface area contributed by atoms with Crippen molar-refractivity contribution in [3.05, 3.63) is 17.8 Å². The fraction of sp³-hybridized carbons (Fsp3) is 0.769. The summed E-state index contributed by atoms with van der Waals surface area (Å²) < 4.78 is 11.0. The molecule has 1 N–H and O–H groups in total. The van der Waals surface area contributed by atoms with Gasteiger partial charge in [0.2, 0.25) is 0 Å². The summed E-state index contributed by atoms with van der Waals surface area (Å²) >= 11 is 0. The molecular weight excluding hydrogens is 216 g/mol. The zero-order chi connectivity index (χ0) is 12.3. The molecule has 1 heterocycles. The standard InChI is InChI=1S/C13H24N2O2/c1-3-9-16-10-7-12-11-15-13(17-12)6-5-8-14-4-2/h11,14H,3-10H2,1-2H3. The number of hydrogen-bond donors (Lipinski definition) is 1. The van der Waals surface area contributed by atoms with Crippen LogP contribution in [-0.2, 0) is 17.6 Å². The third-order valence-electron chi connectivity index (χ3n) is 2.44. The van der Waals surface area contributed by atoms with Gasteiger partial charge in [-0.3, -0.25) is 0 Å². The van der Waals surface area contributed by atoms with E-state index in [4.69, 9.17) is 9.15 Å². The quantitative estimate of drug-likeness (QED) is 0.637. The van der Waals surface area contributed by atoms with Crippen LogP contribution < -0.4 is 5.32 Å². The molecule has 0 fully saturated rings. The van der Waals surface area contributed by atoms with E-state index >= 15 is 0 Å². The molecule has 0 saturated heterocycles. The highest BCUT2D eigenvalue weighted by Crippen LogP contribution is 2.06. The van der Waals surface area contributed by atoms with E-state index in [-0.39, 0.29) is 0 Å². The summed E-state index contributed by atoms with van der Waals surface area (Å²) in [5.74, 6) is 1.77. The van der Waals surface area contributed by atoms with Gasteiger partial charge in [0.05, 0.1) is 12.8 Å². The van der Waals surface area contributed by atoms with E-state index in [2.05, 4.69) is 24.1 Å². The zero-order valence-corrected chi connectivity index (χ0v) is 11.0. The monoisotopic (exact) mass is 240 g/mol. The van der Waals surface area contributed by atoms with Crippen LogP contribution in [0.25, 0.3) is 0 Å². The van der Waals surface area contributed by atoms with Crippen molar-refractivity contribution in [2.75, 3.05) is 26.3 Å². The van der Waals surface area contributed by atoms with E-state index in [0.29, 0.717) is 0 Å². The fourth-order valence-electron chi connectivity index (χ4n) is 1.54. The highest BCUT2D eigenvalue weighted by Gasteiger charge is 2.03. The number of ether oxygens (including phenoxy) is 1. The molecule has 0 atom stereocenters. The van der Waals surface area contributed by atoms with Gasteiger partial charge in [-0.05, 0) is 25.9 Å². The average molecular weight is 240 g/mol. The summed E-state index contributed by atoms with van der Waals surface area (Å²) in [5, 5.41) is 3.28. The fourth-order valence-corrected chi connectivity index (χ4v) is 1.54. The molecule has 0 aliphatic heterocycles. The number of aryl methyl sites for hydroxylation is 1. The minimum absolute atomic E-state index is 0.722.